The molecule has 0 aliphatic rings. The third-order valence-electron chi connectivity index (χ3n) is 2.65. The molecular weight excluding hydrogens is 254 g/mol. The predicted octanol–water partition coefficient (Wildman–Crippen LogP) is 2.54. The van der Waals surface area contributed by atoms with Gasteiger partial charge in [0, 0.05) is 23.6 Å². The Morgan fingerprint density at radius 3 is 3.00 bits per heavy atom. The van der Waals surface area contributed by atoms with E-state index in [1.165, 1.54) is 0 Å². The second-order valence-electron chi connectivity index (χ2n) is 4.07. The molecule has 5 heteroatoms. The Hall–Kier alpha value is -2.87. The van der Waals surface area contributed by atoms with Crippen LogP contribution in [0, 0.1) is 18.3 Å². The largest absolute Gasteiger partial charge is 0.479 e. The SMILES string of the molecule is Cc1ncccc1C(=O)Nc1cccc(OCC#N)c1. The van der Waals surface area contributed by atoms with Gasteiger partial charge in [0.25, 0.3) is 5.91 Å². The van der Waals surface area contributed by atoms with Crippen LogP contribution < -0.4 is 10.1 Å². The summed E-state index contributed by atoms with van der Waals surface area (Å²) in [5.74, 6) is 0.306. The van der Waals surface area contributed by atoms with E-state index in [0.717, 1.165) is 0 Å². The van der Waals surface area contributed by atoms with Gasteiger partial charge in [-0.2, -0.15) is 5.26 Å². The molecule has 1 N–H and O–H groups in total. The van der Waals surface area contributed by atoms with Gasteiger partial charge in [0.1, 0.15) is 11.8 Å². The number of nitriles is 1. The lowest BCUT2D eigenvalue weighted by atomic mass is 10.2. The van der Waals surface area contributed by atoms with E-state index in [1.54, 1.807) is 49.5 Å². The minimum Gasteiger partial charge on any atom is -0.479 e. The number of ether oxygens (including phenoxy) is 1. The second-order valence-corrected chi connectivity index (χ2v) is 4.07. The van der Waals surface area contributed by atoms with Crippen LogP contribution in [0.1, 0.15) is 16.1 Å². The van der Waals surface area contributed by atoms with Crippen LogP contribution in [0.5, 0.6) is 5.75 Å². The lowest BCUT2D eigenvalue weighted by Crippen LogP contribution is -2.13. The highest BCUT2D eigenvalue weighted by atomic mass is 16.5. The second kappa shape index (κ2) is 6.34. The van der Waals surface area contributed by atoms with Crippen LogP contribution in [-0.2, 0) is 0 Å². The van der Waals surface area contributed by atoms with E-state index in [0.29, 0.717) is 22.7 Å². The lowest BCUT2D eigenvalue weighted by molar-refractivity contribution is 0.102. The number of anilines is 1. The van der Waals surface area contributed by atoms with Crippen LogP contribution in [0.4, 0.5) is 5.69 Å². The zero-order valence-corrected chi connectivity index (χ0v) is 11.0. The molecule has 0 aliphatic heterocycles. The number of hydrogen-bond donors (Lipinski definition) is 1. The molecule has 0 fully saturated rings. The molecule has 0 bridgehead atoms. The fraction of sp³-hybridized carbons (Fsp3) is 0.133. The molecule has 5 nitrogen and oxygen atoms in total. The topological polar surface area (TPSA) is 75.0 Å². The summed E-state index contributed by atoms with van der Waals surface area (Å²) < 4.78 is 5.18. The highest BCUT2D eigenvalue weighted by Crippen LogP contribution is 2.18. The molecule has 1 aromatic carbocycles. The number of amides is 1. The standard InChI is InChI=1S/C15H13N3O2/c1-11-14(6-3-8-17-11)15(19)18-12-4-2-5-13(10-12)20-9-7-16/h2-6,8,10H,9H2,1H3,(H,18,19). The molecule has 0 unspecified atom stereocenters. The number of benzene rings is 1. The van der Waals surface area contributed by atoms with Gasteiger partial charge in [-0.15, -0.1) is 0 Å². The first-order chi connectivity index (χ1) is 9.70. The average Bonchev–Trinajstić information content (AvgIpc) is 2.46. The Kier molecular flexibility index (Phi) is 4.30. The fourth-order valence-electron chi connectivity index (χ4n) is 1.70. The van der Waals surface area contributed by atoms with Crippen molar-refractivity contribution < 1.29 is 9.53 Å². The summed E-state index contributed by atoms with van der Waals surface area (Å²) in [6.45, 7) is 1.75. The monoisotopic (exact) mass is 267 g/mol. The summed E-state index contributed by atoms with van der Waals surface area (Å²) >= 11 is 0. The Morgan fingerprint density at radius 2 is 2.25 bits per heavy atom. The maximum atomic E-state index is 12.1. The van der Waals surface area contributed by atoms with Gasteiger partial charge >= 0.3 is 0 Å². The number of rotatable bonds is 4. The Bertz CT molecular complexity index is 662. The molecule has 2 rings (SSSR count). The molecule has 100 valence electrons. The fourth-order valence-corrected chi connectivity index (χ4v) is 1.70. The van der Waals surface area contributed by atoms with Crippen LogP contribution in [0.25, 0.3) is 0 Å². The van der Waals surface area contributed by atoms with Crippen molar-refractivity contribution in [2.24, 2.45) is 0 Å². The molecule has 1 heterocycles. The Morgan fingerprint density at radius 1 is 1.40 bits per heavy atom. The van der Waals surface area contributed by atoms with Gasteiger partial charge in [-0.3, -0.25) is 9.78 Å². The van der Waals surface area contributed by atoms with Gasteiger partial charge < -0.3 is 10.1 Å². The first kappa shape index (κ1) is 13.6. The maximum Gasteiger partial charge on any atom is 0.257 e. The van der Waals surface area contributed by atoms with Crippen LogP contribution in [0.2, 0.25) is 0 Å². The molecule has 0 saturated heterocycles. The highest BCUT2D eigenvalue weighted by Gasteiger charge is 2.09. The van der Waals surface area contributed by atoms with E-state index in [9.17, 15) is 4.79 Å². The van der Waals surface area contributed by atoms with Gasteiger partial charge in [0.15, 0.2) is 6.61 Å². The molecule has 20 heavy (non-hydrogen) atoms. The first-order valence-corrected chi connectivity index (χ1v) is 6.03. The summed E-state index contributed by atoms with van der Waals surface area (Å²) in [5, 5.41) is 11.2. The van der Waals surface area contributed by atoms with Gasteiger partial charge in [0.2, 0.25) is 0 Å². The summed E-state index contributed by atoms with van der Waals surface area (Å²) in [6, 6.07) is 12.2. The van der Waals surface area contributed by atoms with E-state index in [2.05, 4.69) is 10.3 Å². The Labute approximate surface area is 116 Å². The zero-order chi connectivity index (χ0) is 14.4. The minimum absolute atomic E-state index is 0.0287. The molecule has 2 aromatic rings. The first-order valence-electron chi connectivity index (χ1n) is 6.03. The Balaban J connectivity index is 2.12. The van der Waals surface area contributed by atoms with Crippen LogP contribution in [0.3, 0.4) is 0 Å². The van der Waals surface area contributed by atoms with Crippen molar-refractivity contribution in [3.63, 3.8) is 0 Å². The molecular formula is C15H13N3O2. The number of hydrogen-bond acceptors (Lipinski definition) is 4. The number of carbonyl (C=O) groups excluding carboxylic acids is 1. The molecule has 0 saturated carbocycles. The number of nitrogens with zero attached hydrogens (tertiary/aromatic N) is 2. The van der Waals surface area contributed by atoms with Crippen molar-refractivity contribution >= 4 is 11.6 Å². The van der Waals surface area contributed by atoms with Crippen molar-refractivity contribution in [1.29, 1.82) is 5.26 Å². The van der Waals surface area contributed by atoms with Crippen molar-refractivity contribution in [3.8, 4) is 11.8 Å². The van der Waals surface area contributed by atoms with Gasteiger partial charge in [-0.1, -0.05) is 6.07 Å². The molecule has 1 amide bonds. The van der Waals surface area contributed by atoms with E-state index < -0.39 is 0 Å². The molecule has 0 atom stereocenters. The third kappa shape index (κ3) is 3.33. The van der Waals surface area contributed by atoms with Crippen LogP contribution in [-0.4, -0.2) is 17.5 Å². The number of pyridine rings is 1. The van der Waals surface area contributed by atoms with Crippen molar-refractivity contribution in [2.45, 2.75) is 6.92 Å². The van der Waals surface area contributed by atoms with E-state index in [1.807, 2.05) is 6.07 Å². The predicted molar refractivity (Wildman–Crippen MR) is 74.5 cm³/mol. The van der Waals surface area contributed by atoms with Crippen LogP contribution >= 0.6 is 0 Å². The number of aryl methyl sites for hydroxylation is 1. The normalized spacial score (nSPS) is 9.60. The third-order valence-corrected chi connectivity index (χ3v) is 2.65. The molecule has 0 spiro atoms. The highest BCUT2D eigenvalue weighted by molar-refractivity contribution is 6.05. The van der Waals surface area contributed by atoms with Crippen LogP contribution in [0.15, 0.2) is 42.6 Å². The number of carbonyl (C=O) groups is 1. The summed E-state index contributed by atoms with van der Waals surface area (Å²) in [7, 11) is 0. The molecule has 0 radical (unpaired) electrons. The number of nitrogens with one attached hydrogen (secondary N) is 1. The van der Waals surface area contributed by atoms with Crippen molar-refractivity contribution in [2.75, 3.05) is 11.9 Å². The number of aromatic nitrogens is 1. The summed E-state index contributed by atoms with van der Waals surface area (Å²) in [5.41, 5.74) is 1.80. The molecule has 1 aromatic heterocycles. The minimum atomic E-state index is -0.229. The van der Waals surface area contributed by atoms with E-state index >= 15 is 0 Å². The zero-order valence-electron chi connectivity index (χ0n) is 11.0. The summed E-state index contributed by atoms with van der Waals surface area (Å²) in [4.78, 5) is 16.2. The van der Waals surface area contributed by atoms with Gasteiger partial charge in [0.05, 0.1) is 5.56 Å². The van der Waals surface area contributed by atoms with Crippen molar-refractivity contribution in [1.82, 2.24) is 4.98 Å². The van der Waals surface area contributed by atoms with E-state index in [4.69, 9.17) is 10.00 Å². The average molecular weight is 267 g/mol. The summed E-state index contributed by atoms with van der Waals surface area (Å²) in [6.07, 6.45) is 1.64. The maximum absolute atomic E-state index is 12.1. The molecule has 0 aliphatic carbocycles. The van der Waals surface area contributed by atoms with Gasteiger partial charge in [-0.25, -0.2) is 0 Å². The lowest BCUT2D eigenvalue weighted by Gasteiger charge is -2.08. The van der Waals surface area contributed by atoms with Crippen molar-refractivity contribution in [3.05, 3.63) is 53.9 Å². The van der Waals surface area contributed by atoms with Gasteiger partial charge in [-0.05, 0) is 31.2 Å². The van der Waals surface area contributed by atoms with E-state index in [-0.39, 0.29) is 12.5 Å². The smallest absolute Gasteiger partial charge is 0.257 e. The quantitative estimate of drug-likeness (QED) is 0.923.